The molecule has 228 valence electrons. The lowest BCUT2D eigenvalue weighted by Crippen LogP contribution is -2.64. The second kappa shape index (κ2) is 11.8. The van der Waals surface area contributed by atoms with Crippen LogP contribution in [0.15, 0.2) is 83.4 Å². The smallest absolute Gasteiger partial charge is 0.332 e. The summed E-state index contributed by atoms with van der Waals surface area (Å²) in [5.41, 5.74) is 9.23. The molecule has 2 aliphatic heterocycles. The van der Waals surface area contributed by atoms with Crippen molar-refractivity contribution in [2.24, 2.45) is 5.92 Å². The zero-order valence-corrected chi connectivity index (χ0v) is 25.2. The lowest BCUT2D eigenvalue weighted by atomic mass is 9.83. The molecule has 8 heteroatoms. The fraction of sp³-hybridized carbons (Fsp3) is 0.444. The largest absolute Gasteiger partial charge is 0.394 e. The van der Waals surface area contributed by atoms with Gasteiger partial charge in [0.2, 0.25) is 5.91 Å². The highest BCUT2D eigenvalue weighted by Gasteiger charge is 2.55. The predicted molar refractivity (Wildman–Crippen MR) is 166 cm³/mol. The fourth-order valence-corrected chi connectivity index (χ4v) is 7.98. The molecule has 2 aromatic carbocycles. The van der Waals surface area contributed by atoms with Crippen molar-refractivity contribution in [3.63, 3.8) is 0 Å². The lowest BCUT2D eigenvalue weighted by Gasteiger charge is -2.42. The molecule has 2 N–H and O–H groups in total. The molecule has 4 amide bonds. The van der Waals surface area contributed by atoms with E-state index in [-0.39, 0.29) is 42.3 Å². The van der Waals surface area contributed by atoms with Crippen LogP contribution in [-0.2, 0) is 16.1 Å². The number of carbonyl (C=O) groups is 3. The number of benzene rings is 2. The summed E-state index contributed by atoms with van der Waals surface area (Å²) in [6.07, 6.45) is 10.0. The number of fused-ring (bicyclic) bond motifs is 2. The molecule has 0 radical (unpaired) electrons. The van der Waals surface area contributed by atoms with Crippen molar-refractivity contribution in [2.75, 3.05) is 13.7 Å². The summed E-state index contributed by atoms with van der Waals surface area (Å²) in [5, 5.41) is 13.2. The first-order valence-electron chi connectivity index (χ1n) is 16.1. The van der Waals surface area contributed by atoms with Gasteiger partial charge in [0.25, 0.3) is 5.91 Å². The molecular weight excluding hydrogens is 552 g/mol. The van der Waals surface area contributed by atoms with Crippen molar-refractivity contribution in [3.8, 4) is 0 Å². The molecule has 2 aromatic rings. The molecule has 7 rings (SSSR count). The summed E-state index contributed by atoms with van der Waals surface area (Å²) in [6.45, 7) is 0.404. The Kier molecular flexibility index (Phi) is 7.65. The minimum Gasteiger partial charge on any atom is -0.394 e. The fourth-order valence-electron chi connectivity index (χ4n) is 7.98. The Morgan fingerprint density at radius 2 is 1.66 bits per heavy atom. The summed E-state index contributed by atoms with van der Waals surface area (Å²) in [4.78, 5) is 45.9. The van der Waals surface area contributed by atoms with Gasteiger partial charge in [-0.25, -0.2) is 4.79 Å². The average molecular weight is 593 g/mol. The van der Waals surface area contributed by atoms with E-state index in [1.807, 2.05) is 36.4 Å². The number of aliphatic hydroxyl groups excluding tert-OH is 1. The van der Waals surface area contributed by atoms with Gasteiger partial charge in [0.05, 0.1) is 30.3 Å². The molecule has 44 heavy (non-hydrogen) atoms. The molecule has 0 aromatic heterocycles. The second-order valence-electron chi connectivity index (χ2n) is 12.8. The van der Waals surface area contributed by atoms with Crippen LogP contribution in [0.25, 0.3) is 0 Å². The number of likely N-dealkylation sites (N-methyl/N-ethyl adjacent to an activating group) is 1. The van der Waals surface area contributed by atoms with Crippen molar-refractivity contribution in [1.82, 2.24) is 20.0 Å². The molecule has 0 bridgehead atoms. The number of hydrogen-bond donors (Lipinski definition) is 2. The SMILES string of the molecule is CN1C(=O)C2C(C3=C(CCCC3)N2Cc2ccc(C(C(=O)N[C@@H](CO)c3ccccc3)C3CCCC3)cc2)N(C2=C=C2)C1=O. The van der Waals surface area contributed by atoms with Gasteiger partial charge in [-0.2, -0.15) is 0 Å². The zero-order valence-electron chi connectivity index (χ0n) is 25.2. The monoisotopic (exact) mass is 592 g/mol. The van der Waals surface area contributed by atoms with Crippen LogP contribution in [0, 0.1) is 5.92 Å². The van der Waals surface area contributed by atoms with Crippen LogP contribution < -0.4 is 5.32 Å². The van der Waals surface area contributed by atoms with E-state index in [4.69, 9.17) is 0 Å². The number of hydrogen-bond acceptors (Lipinski definition) is 5. The van der Waals surface area contributed by atoms with E-state index in [0.29, 0.717) is 6.54 Å². The molecule has 5 aliphatic rings. The van der Waals surface area contributed by atoms with Crippen LogP contribution in [0.5, 0.6) is 0 Å². The number of rotatable bonds is 9. The number of urea groups is 1. The van der Waals surface area contributed by atoms with E-state index < -0.39 is 12.1 Å². The number of nitrogens with one attached hydrogen (secondary N) is 1. The van der Waals surface area contributed by atoms with Crippen LogP contribution in [0.4, 0.5) is 4.79 Å². The first-order valence-corrected chi connectivity index (χ1v) is 16.1. The lowest BCUT2D eigenvalue weighted by molar-refractivity contribution is -0.136. The zero-order chi connectivity index (χ0) is 30.4. The van der Waals surface area contributed by atoms with E-state index in [1.54, 1.807) is 11.9 Å². The minimum absolute atomic E-state index is 0.0458. The first kappa shape index (κ1) is 28.6. The molecule has 2 heterocycles. The topological polar surface area (TPSA) is 93.2 Å². The van der Waals surface area contributed by atoms with Crippen LogP contribution in [0.3, 0.4) is 0 Å². The van der Waals surface area contributed by atoms with Gasteiger partial charge >= 0.3 is 6.03 Å². The highest BCUT2D eigenvalue weighted by atomic mass is 16.3. The molecule has 3 aliphatic carbocycles. The van der Waals surface area contributed by atoms with Crippen LogP contribution in [0.1, 0.15) is 80.0 Å². The summed E-state index contributed by atoms with van der Waals surface area (Å²) in [7, 11) is 1.58. The normalized spacial score (nSPS) is 24.3. The van der Waals surface area contributed by atoms with Gasteiger partial charge in [-0.1, -0.05) is 73.2 Å². The Balaban J connectivity index is 1.14. The number of imide groups is 1. The van der Waals surface area contributed by atoms with Crippen molar-refractivity contribution >= 4 is 17.8 Å². The molecule has 1 saturated heterocycles. The molecule has 8 nitrogen and oxygen atoms in total. The average Bonchev–Trinajstić information content (AvgIpc) is 3.65. The third-order valence-electron chi connectivity index (χ3n) is 10.3. The van der Waals surface area contributed by atoms with E-state index in [1.165, 1.54) is 16.2 Å². The van der Waals surface area contributed by atoms with Crippen molar-refractivity contribution < 1.29 is 19.5 Å². The molecule has 2 fully saturated rings. The van der Waals surface area contributed by atoms with Crippen LogP contribution in [0.2, 0.25) is 0 Å². The van der Waals surface area contributed by atoms with E-state index in [9.17, 15) is 19.5 Å². The third-order valence-corrected chi connectivity index (χ3v) is 10.3. The van der Waals surface area contributed by atoms with Crippen LogP contribution >= 0.6 is 0 Å². The van der Waals surface area contributed by atoms with Gasteiger partial charge in [-0.3, -0.25) is 19.4 Å². The summed E-state index contributed by atoms with van der Waals surface area (Å²) in [6, 6.07) is 16.5. The first-order chi connectivity index (χ1) is 21.5. The van der Waals surface area contributed by atoms with Crippen molar-refractivity contribution in [2.45, 2.75) is 82.0 Å². The van der Waals surface area contributed by atoms with Crippen molar-refractivity contribution in [3.05, 3.63) is 100 Å². The Labute approximate surface area is 258 Å². The van der Waals surface area contributed by atoms with Gasteiger partial charge < -0.3 is 15.3 Å². The Morgan fingerprint density at radius 1 is 0.955 bits per heavy atom. The van der Waals surface area contributed by atoms with Gasteiger partial charge in [0.1, 0.15) is 6.04 Å². The second-order valence-corrected chi connectivity index (χ2v) is 12.8. The van der Waals surface area contributed by atoms with Gasteiger partial charge in [-0.15, -0.1) is 0 Å². The van der Waals surface area contributed by atoms with E-state index >= 15 is 0 Å². The Hall–Kier alpha value is -4.13. The molecule has 0 spiro atoms. The third kappa shape index (κ3) is 5.06. The maximum absolute atomic E-state index is 13.8. The standard InChI is InChI=1S/C36H40N4O4/c1-38-35(43)33-32(40(36(38)44)27-19-20-27)28-13-7-8-14-30(28)39(33)21-23-15-17-26(18-16-23)31(25-11-5-6-12-25)34(42)37-29(22-41)24-9-3-2-4-10-24/h2-4,9-10,15-19,25,29,31-33,41H,5-8,11-14,21-22H2,1H3,(H,37,42)/t29-,31?,32?,33?/m0/s1. The molecular formula is C36H40N4O4. The Morgan fingerprint density at radius 3 is 2.34 bits per heavy atom. The number of allylic oxidation sites excluding steroid dienone is 1. The molecule has 1 saturated carbocycles. The molecule has 4 atom stereocenters. The maximum atomic E-state index is 13.8. The molecule has 3 unspecified atom stereocenters. The van der Waals surface area contributed by atoms with Gasteiger partial charge in [0, 0.05) is 25.4 Å². The highest BCUT2D eigenvalue weighted by Crippen LogP contribution is 2.46. The van der Waals surface area contributed by atoms with Crippen molar-refractivity contribution in [1.29, 1.82) is 0 Å². The Bertz CT molecular complexity index is 1550. The quantitative estimate of drug-likeness (QED) is 0.394. The summed E-state index contributed by atoms with van der Waals surface area (Å²) < 4.78 is 0. The number of amides is 4. The minimum atomic E-state index is -0.452. The predicted octanol–water partition coefficient (Wildman–Crippen LogP) is 5.14. The number of aliphatic hydroxyl groups is 1. The number of nitrogens with zero attached hydrogens (tertiary/aromatic N) is 3. The van der Waals surface area contributed by atoms with Crippen LogP contribution in [-0.4, -0.2) is 63.4 Å². The van der Waals surface area contributed by atoms with E-state index in [2.05, 4.69) is 40.2 Å². The maximum Gasteiger partial charge on any atom is 0.332 e. The van der Waals surface area contributed by atoms with Gasteiger partial charge in [0.15, 0.2) is 0 Å². The highest BCUT2D eigenvalue weighted by molar-refractivity contribution is 6.02. The van der Waals surface area contributed by atoms with E-state index in [0.717, 1.165) is 73.8 Å². The summed E-state index contributed by atoms with van der Waals surface area (Å²) in [5.74, 6) is -0.232. The van der Waals surface area contributed by atoms with Gasteiger partial charge in [-0.05, 0) is 66.7 Å². The number of carbonyl (C=O) groups excluding carboxylic acids is 3. The summed E-state index contributed by atoms with van der Waals surface area (Å²) >= 11 is 0.